The van der Waals surface area contributed by atoms with Gasteiger partial charge in [-0.1, -0.05) is 40.2 Å². The number of amides is 1. The zero-order chi connectivity index (χ0) is 17.3. The number of halogens is 2. The van der Waals surface area contributed by atoms with Crippen LogP contribution in [0.4, 0.5) is 4.39 Å². The van der Waals surface area contributed by atoms with Crippen molar-refractivity contribution in [3.8, 4) is 0 Å². The highest BCUT2D eigenvalue weighted by Crippen LogP contribution is 2.24. The summed E-state index contributed by atoms with van der Waals surface area (Å²) in [6, 6.07) is 13.7. The van der Waals surface area contributed by atoms with Crippen LogP contribution >= 0.6 is 28.1 Å². The lowest BCUT2D eigenvalue weighted by Gasteiger charge is -2.16. The molecule has 0 radical (unpaired) electrons. The summed E-state index contributed by atoms with van der Waals surface area (Å²) in [5, 5.41) is 0.455. The van der Waals surface area contributed by atoms with Gasteiger partial charge in [-0.3, -0.25) is 9.69 Å². The number of benzene rings is 2. The van der Waals surface area contributed by atoms with Gasteiger partial charge in [-0.05, 0) is 53.7 Å². The van der Waals surface area contributed by atoms with Gasteiger partial charge in [0.1, 0.15) is 11.5 Å². The minimum absolute atomic E-state index is 0.158. The molecule has 6 heteroatoms. The maximum absolute atomic E-state index is 13.0. The molecule has 3 nitrogen and oxygen atoms in total. The first-order valence-electron chi connectivity index (χ1n) is 7.27. The van der Waals surface area contributed by atoms with E-state index in [-0.39, 0.29) is 11.7 Å². The van der Waals surface area contributed by atoms with E-state index in [0.717, 1.165) is 15.6 Å². The molecule has 2 aromatic rings. The number of carbonyl (C=O) groups is 1. The van der Waals surface area contributed by atoms with E-state index in [4.69, 9.17) is 12.2 Å². The molecule has 0 bridgehead atoms. The number of nitrogens with zero attached hydrogens (tertiary/aromatic N) is 2. The number of hydrogen-bond donors (Lipinski definition) is 0. The molecule has 1 fully saturated rings. The molecule has 0 aromatic heterocycles. The summed E-state index contributed by atoms with van der Waals surface area (Å²) in [6.07, 6.45) is 1.72. The van der Waals surface area contributed by atoms with Crippen LogP contribution in [0.3, 0.4) is 0 Å². The van der Waals surface area contributed by atoms with E-state index in [9.17, 15) is 9.18 Å². The van der Waals surface area contributed by atoms with Crippen LogP contribution in [0.2, 0.25) is 0 Å². The van der Waals surface area contributed by atoms with Crippen LogP contribution in [0.5, 0.6) is 0 Å². The zero-order valence-corrected chi connectivity index (χ0v) is 15.3. The van der Waals surface area contributed by atoms with E-state index in [1.54, 1.807) is 35.1 Å². The lowest BCUT2D eigenvalue weighted by molar-refractivity contribution is -0.122. The van der Waals surface area contributed by atoms with Crippen molar-refractivity contribution in [2.75, 3.05) is 7.05 Å². The first kappa shape index (κ1) is 16.8. The van der Waals surface area contributed by atoms with Gasteiger partial charge in [-0.25, -0.2) is 4.39 Å². The van der Waals surface area contributed by atoms with E-state index in [1.807, 2.05) is 24.3 Å². The van der Waals surface area contributed by atoms with Crippen molar-refractivity contribution >= 4 is 45.2 Å². The van der Waals surface area contributed by atoms with Gasteiger partial charge in [0.05, 0.1) is 6.54 Å². The molecular weight excluding hydrogens is 391 g/mol. The first-order valence-corrected chi connectivity index (χ1v) is 8.47. The third-order valence-corrected chi connectivity index (χ3v) is 4.79. The Morgan fingerprint density at radius 1 is 1.12 bits per heavy atom. The number of likely N-dealkylation sites (N-methyl/N-ethyl adjacent to an activating group) is 1. The molecule has 1 aliphatic rings. The second-order valence-electron chi connectivity index (χ2n) is 5.44. The number of rotatable bonds is 3. The highest BCUT2D eigenvalue weighted by Gasteiger charge is 2.35. The summed E-state index contributed by atoms with van der Waals surface area (Å²) in [7, 11) is 1.76. The Morgan fingerprint density at radius 3 is 2.38 bits per heavy atom. The van der Waals surface area contributed by atoms with Gasteiger partial charge in [0.15, 0.2) is 5.11 Å². The van der Waals surface area contributed by atoms with E-state index in [0.29, 0.717) is 17.4 Å². The van der Waals surface area contributed by atoms with E-state index >= 15 is 0 Å². The molecule has 1 heterocycles. The fraction of sp³-hybridized carbons (Fsp3) is 0.111. The molecule has 0 spiro atoms. The van der Waals surface area contributed by atoms with Crippen molar-refractivity contribution in [1.82, 2.24) is 9.80 Å². The summed E-state index contributed by atoms with van der Waals surface area (Å²) >= 11 is 8.79. The summed E-state index contributed by atoms with van der Waals surface area (Å²) < 4.78 is 14.0. The molecule has 0 atom stereocenters. The Hall–Kier alpha value is -2.05. The van der Waals surface area contributed by atoms with E-state index in [1.165, 1.54) is 12.1 Å². The number of carbonyl (C=O) groups excluding carboxylic acids is 1. The molecular formula is C18H14BrFN2OS. The lowest BCUT2D eigenvalue weighted by atomic mass is 10.2. The fourth-order valence-corrected chi connectivity index (χ4v) is 2.95. The first-order chi connectivity index (χ1) is 11.5. The second-order valence-corrected chi connectivity index (χ2v) is 6.72. The molecule has 0 saturated carbocycles. The molecule has 122 valence electrons. The van der Waals surface area contributed by atoms with Crippen molar-refractivity contribution < 1.29 is 9.18 Å². The van der Waals surface area contributed by atoms with Crippen LogP contribution in [0.1, 0.15) is 11.1 Å². The third kappa shape index (κ3) is 3.39. The summed E-state index contributed by atoms with van der Waals surface area (Å²) in [4.78, 5) is 16.0. The Balaban J connectivity index is 1.86. The van der Waals surface area contributed by atoms with Crippen LogP contribution in [-0.4, -0.2) is 27.9 Å². The summed E-state index contributed by atoms with van der Waals surface area (Å²) in [6.45, 7) is 0.413. The SMILES string of the molecule is CN1C(=S)N(Cc2ccc(Br)cc2)C(=O)/C1=C/c1ccc(F)cc1. The van der Waals surface area contributed by atoms with Gasteiger partial charge in [0.25, 0.3) is 5.91 Å². The molecule has 1 amide bonds. The van der Waals surface area contributed by atoms with E-state index < -0.39 is 0 Å². The average molecular weight is 405 g/mol. The molecule has 1 aliphatic heterocycles. The van der Waals surface area contributed by atoms with Crippen LogP contribution in [-0.2, 0) is 11.3 Å². The number of thiocarbonyl (C=S) groups is 1. The van der Waals surface area contributed by atoms with Gasteiger partial charge < -0.3 is 4.90 Å². The third-order valence-electron chi connectivity index (χ3n) is 3.77. The van der Waals surface area contributed by atoms with Crippen molar-refractivity contribution in [2.45, 2.75) is 6.54 Å². The van der Waals surface area contributed by atoms with Crippen LogP contribution in [0.25, 0.3) is 6.08 Å². The molecule has 24 heavy (non-hydrogen) atoms. The van der Waals surface area contributed by atoms with Gasteiger partial charge in [0.2, 0.25) is 0 Å². The zero-order valence-electron chi connectivity index (χ0n) is 12.9. The Kier molecular flexibility index (Phi) is 4.78. The molecule has 0 unspecified atom stereocenters. The van der Waals surface area contributed by atoms with Gasteiger partial charge >= 0.3 is 0 Å². The summed E-state index contributed by atoms with van der Waals surface area (Å²) in [5.41, 5.74) is 2.22. The van der Waals surface area contributed by atoms with Crippen LogP contribution in [0.15, 0.2) is 58.7 Å². The smallest absolute Gasteiger partial charge is 0.277 e. The molecule has 1 saturated heterocycles. The normalized spacial score (nSPS) is 16.4. The fourth-order valence-electron chi connectivity index (χ4n) is 2.44. The molecule has 0 N–H and O–H groups in total. The Bertz CT molecular complexity index is 818. The average Bonchev–Trinajstić information content (AvgIpc) is 2.76. The van der Waals surface area contributed by atoms with Crippen molar-refractivity contribution in [3.05, 3.63) is 75.6 Å². The topological polar surface area (TPSA) is 23.6 Å². The minimum Gasteiger partial charge on any atom is -0.317 e. The maximum Gasteiger partial charge on any atom is 0.277 e. The van der Waals surface area contributed by atoms with Gasteiger partial charge in [-0.15, -0.1) is 0 Å². The number of hydrogen-bond acceptors (Lipinski definition) is 2. The van der Waals surface area contributed by atoms with Crippen LogP contribution < -0.4 is 0 Å². The van der Waals surface area contributed by atoms with Crippen molar-refractivity contribution in [1.29, 1.82) is 0 Å². The van der Waals surface area contributed by atoms with Gasteiger partial charge in [-0.2, -0.15) is 0 Å². The Labute approximate surface area is 153 Å². The maximum atomic E-state index is 13.0. The standard InChI is InChI=1S/C18H14BrFN2OS/c1-21-16(10-12-4-8-15(20)9-5-12)17(23)22(18(21)24)11-13-2-6-14(19)7-3-13/h2-10H,11H2,1H3/b16-10-. The monoisotopic (exact) mass is 404 g/mol. The second kappa shape index (κ2) is 6.83. The van der Waals surface area contributed by atoms with Crippen molar-refractivity contribution in [3.63, 3.8) is 0 Å². The largest absolute Gasteiger partial charge is 0.317 e. The summed E-state index contributed by atoms with van der Waals surface area (Å²) in [5.74, 6) is -0.467. The Morgan fingerprint density at radius 2 is 1.75 bits per heavy atom. The molecule has 0 aliphatic carbocycles. The van der Waals surface area contributed by atoms with E-state index in [2.05, 4.69) is 15.9 Å². The minimum atomic E-state index is -0.310. The highest BCUT2D eigenvalue weighted by atomic mass is 79.9. The van der Waals surface area contributed by atoms with Gasteiger partial charge in [0, 0.05) is 11.5 Å². The predicted octanol–water partition coefficient (Wildman–Crippen LogP) is 4.19. The quantitative estimate of drug-likeness (QED) is 0.565. The predicted molar refractivity (Wildman–Crippen MR) is 99.4 cm³/mol. The molecule has 3 rings (SSSR count). The van der Waals surface area contributed by atoms with Crippen molar-refractivity contribution in [2.24, 2.45) is 0 Å². The molecule has 2 aromatic carbocycles. The highest BCUT2D eigenvalue weighted by molar-refractivity contribution is 9.10. The van der Waals surface area contributed by atoms with Crippen LogP contribution in [0, 0.1) is 5.82 Å². The lowest BCUT2D eigenvalue weighted by Crippen LogP contribution is -2.30.